The molecule has 1 rings (SSSR count). The number of hydrogen-bond acceptors (Lipinski definition) is 2. The summed E-state index contributed by atoms with van der Waals surface area (Å²) < 4.78 is -0.0745. The van der Waals surface area contributed by atoms with Gasteiger partial charge in [-0.05, 0) is 31.4 Å². The quantitative estimate of drug-likeness (QED) is 0.638. The molecule has 1 atom stereocenters. The lowest BCUT2D eigenvalue weighted by molar-refractivity contribution is 0.613. The van der Waals surface area contributed by atoms with E-state index >= 15 is 0 Å². The second-order valence-electron chi connectivity index (χ2n) is 2.85. The van der Waals surface area contributed by atoms with Crippen molar-refractivity contribution >= 4 is 23.4 Å². The van der Waals surface area contributed by atoms with E-state index in [1.165, 1.54) is 6.42 Å². The molecule has 0 spiro atoms. The van der Waals surface area contributed by atoms with Crippen LogP contribution in [0.5, 0.6) is 0 Å². The third-order valence-corrected chi connectivity index (χ3v) is 3.83. The van der Waals surface area contributed by atoms with Gasteiger partial charge in [0.05, 0.1) is 6.07 Å². The summed E-state index contributed by atoms with van der Waals surface area (Å²) in [5, 5.41) is 8.93. The fraction of sp³-hybridized carbons (Fsp3) is 0.875. The molecular formula is C8H12ClNS. The first kappa shape index (κ1) is 9.22. The van der Waals surface area contributed by atoms with Crippen LogP contribution in [0, 0.1) is 11.3 Å². The van der Waals surface area contributed by atoms with Crippen LogP contribution < -0.4 is 0 Å². The van der Waals surface area contributed by atoms with Crippen molar-refractivity contribution < 1.29 is 0 Å². The van der Waals surface area contributed by atoms with Crippen molar-refractivity contribution in [3.63, 3.8) is 0 Å². The van der Waals surface area contributed by atoms with Crippen molar-refractivity contribution in [2.45, 2.75) is 30.4 Å². The second kappa shape index (κ2) is 4.23. The molecule has 0 bridgehead atoms. The number of thioether (sulfide) groups is 1. The zero-order valence-corrected chi connectivity index (χ0v) is 8.05. The molecule has 0 amide bonds. The minimum atomic E-state index is -0.0745. The minimum absolute atomic E-state index is 0.0745. The lowest BCUT2D eigenvalue weighted by atomic mass is 9.99. The maximum atomic E-state index is 8.93. The Morgan fingerprint density at radius 3 is 2.91 bits per heavy atom. The van der Waals surface area contributed by atoms with Crippen molar-refractivity contribution in [1.82, 2.24) is 0 Å². The van der Waals surface area contributed by atoms with Gasteiger partial charge < -0.3 is 0 Å². The summed E-state index contributed by atoms with van der Waals surface area (Å²) in [4.78, 5) is 0. The van der Waals surface area contributed by atoms with Crippen LogP contribution in [0.4, 0.5) is 0 Å². The van der Waals surface area contributed by atoms with Gasteiger partial charge in [-0.25, -0.2) is 0 Å². The molecule has 62 valence electrons. The van der Waals surface area contributed by atoms with Gasteiger partial charge in [0, 0.05) is 5.88 Å². The molecule has 0 N–H and O–H groups in total. The number of hydrogen-bond donors (Lipinski definition) is 0. The first-order valence-corrected chi connectivity index (χ1v) is 5.46. The largest absolute Gasteiger partial charge is 0.197 e. The fourth-order valence-corrected chi connectivity index (χ4v) is 2.85. The molecule has 1 nitrogen and oxygen atoms in total. The van der Waals surface area contributed by atoms with Gasteiger partial charge in [0.2, 0.25) is 0 Å². The van der Waals surface area contributed by atoms with Crippen LogP contribution in [0.1, 0.15) is 25.7 Å². The van der Waals surface area contributed by atoms with Crippen molar-refractivity contribution in [3.05, 3.63) is 0 Å². The molecule has 1 heterocycles. The van der Waals surface area contributed by atoms with Crippen LogP contribution in [-0.4, -0.2) is 16.4 Å². The Morgan fingerprint density at radius 1 is 1.64 bits per heavy atom. The number of alkyl halides is 1. The van der Waals surface area contributed by atoms with E-state index < -0.39 is 0 Å². The highest BCUT2D eigenvalue weighted by atomic mass is 35.5. The maximum absolute atomic E-state index is 8.93. The van der Waals surface area contributed by atoms with Gasteiger partial charge in [-0.15, -0.1) is 23.4 Å². The van der Waals surface area contributed by atoms with Crippen LogP contribution in [-0.2, 0) is 0 Å². The van der Waals surface area contributed by atoms with Crippen LogP contribution in [0.25, 0.3) is 0 Å². The van der Waals surface area contributed by atoms with E-state index in [9.17, 15) is 0 Å². The molecular weight excluding hydrogens is 178 g/mol. The maximum Gasteiger partial charge on any atom is 0.102 e. The minimum Gasteiger partial charge on any atom is -0.197 e. The molecule has 0 aromatic heterocycles. The molecule has 0 aromatic rings. The Bertz CT molecular complexity index is 158. The predicted octanol–water partition coefficient (Wildman–Crippen LogP) is 2.79. The topological polar surface area (TPSA) is 23.8 Å². The van der Waals surface area contributed by atoms with Gasteiger partial charge in [0.15, 0.2) is 0 Å². The highest BCUT2D eigenvalue weighted by Crippen LogP contribution is 2.41. The average Bonchev–Trinajstić information content (AvgIpc) is 2.50. The summed E-state index contributed by atoms with van der Waals surface area (Å²) in [5.74, 6) is 1.83. The molecule has 1 fully saturated rings. The van der Waals surface area contributed by atoms with Crippen molar-refractivity contribution in [1.29, 1.82) is 5.26 Å². The summed E-state index contributed by atoms with van der Waals surface area (Å²) in [5.41, 5.74) is 0. The van der Waals surface area contributed by atoms with Crippen LogP contribution >= 0.6 is 23.4 Å². The van der Waals surface area contributed by atoms with E-state index in [2.05, 4.69) is 6.07 Å². The second-order valence-corrected chi connectivity index (χ2v) is 4.71. The summed E-state index contributed by atoms with van der Waals surface area (Å²) in [6.45, 7) is 0. The summed E-state index contributed by atoms with van der Waals surface area (Å²) in [7, 11) is 0. The van der Waals surface area contributed by atoms with E-state index in [0.717, 1.165) is 25.0 Å². The number of nitrogens with zero attached hydrogens (tertiary/aromatic N) is 1. The van der Waals surface area contributed by atoms with Gasteiger partial charge in [-0.1, -0.05) is 0 Å². The van der Waals surface area contributed by atoms with E-state index in [4.69, 9.17) is 16.9 Å². The number of nitriles is 1. The zero-order chi connectivity index (χ0) is 8.16. The fourth-order valence-electron chi connectivity index (χ4n) is 1.39. The molecule has 1 aliphatic heterocycles. The molecule has 3 heteroatoms. The SMILES string of the molecule is N#CC1(CCCCl)CCCS1. The molecule has 1 aliphatic rings. The number of halogens is 1. The van der Waals surface area contributed by atoms with Crippen LogP contribution in [0.15, 0.2) is 0 Å². The normalized spacial score (nSPS) is 30.2. The van der Waals surface area contributed by atoms with E-state index in [1.807, 2.05) is 11.8 Å². The molecule has 0 aromatic carbocycles. The third kappa shape index (κ3) is 2.28. The van der Waals surface area contributed by atoms with E-state index in [-0.39, 0.29) is 4.75 Å². The Balaban J connectivity index is 2.41. The van der Waals surface area contributed by atoms with Crippen molar-refractivity contribution in [3.8, 4) is 6.07 Å². The van der Waals surface area contributed by atoms with E-state index in [0.29, 0.717) is 5.88 Å². The first-order valence-electron chi connectivity index (χ1n) is 3.94. The van der Waals surface area contributed by atoms with Crippen molar-refractivity contribution in [2.24, 2.45) is 0 Å². The van der Waals surface area contributed by atoms with Crippen LogP contribution in [0.2, 0.25) is 0 Å². The van der Waals surface area contributed by atoms with Crippen LogP contribution in [0.3, 0.4) is 0 Å². The average molecular weight is 190 g/mol. The van der Waals surface area contributed by atoms with Gasteiger partial charge in [0.25, 0.3) is 0 Å². The highest BCUT2D eigenvalue weighted by Gasteiger charge is 2.33. The lowest BCUT2D eigenvalue weighted by Gasteiger charge is -2.17. The van der Waals surface area contributed by atoms with E-state index in [1.54, 1.807) is 0 Å². The Labute approximate surface area is 77.1 Å². The third-order valence-electron chi connectivity index (χ3n) is 2.02. The van der Waals surface area contributed by atoms with Gasteiger partial charge >= 0.3 is 0 Å². The summed E-state index contributed by atoms with van der Waals surface area (Å²) in [6.07, 6.45) is 4.20. The smallest absolute Gasteiger partial charge is 0.102 e. The van der Waals surface area contributed by atoms with Gasteiger partial charge in [-0.3, -0.25) is 0 Å². The Kier molecular flexibility index (Phi) is 3.54. The molecule has 0 radical (unpaired) electrons. The first-order chi connectivity index (χ1) is 5.33. The summed E-state index contributed by atoms with van der Waals surface area (Å²) >= 11 is 7.39. The van der Waals surface area contributed by atoms with Gasteiger partial charge in [-0.2, -0.15) is 5.26 Å². The molecule has 1 saturated heterocycles. The Morgan fingerprint density at radius 2 is 2.45 bits per heavy atom. The van der Waals surface area contributed by atoms with Crippen molar-refractivity contribution in [2.75, 3.05) is 11.6 Å². The summed E-state index contributed by atoms with van der Waals surface area (Å²) in [6, 6.07) is 2.42. The molecule has 0 saturated carbocycles. The van der Waals surface area contributed by atoms with Gasteiger partial charge in [0.1, 0.15) is 4.75 Å². The lowest BCUT2D eigenvalue weighted by Crippen LogP contribution is -2.17. The zero-order valence-electron chi connectivity index (χ0n) is 6.48. The molecule has 0 aliphatic carbocycles. The predicted molar refractivity (Wildman–Crippen MR) is 50.0 cm³/mol. The standard InChI is InChI=1S/C8H12ClNS/c9-5-1-3-8(7-10)4-2-6-11-8/h1-6H2. The number of rotatable bonds is 3. The molecule has 1 unspecified atom stereocenters. The Hall–Kier alpha value is 0.130. The monoisotopic (exact) mass is 189 g/mol. The molecule has 11 heavy (non-hydrogen) atoms. The highest BCUT2D eigenvalue weighted by molar-refractivity contribution is 8.01.